The molecule has 0 bridgehead atoms. The monoisotopic (exact) mass is 337 g/mol. The third-order valence-electron chi connectivity index (χ3n) is 4.51. The number of rotatable bonds is 3. The van der Waals surface area contributed by atoms with Crippen molar-refractivity contribution in [3.05, 3.63) is 65.2 Å². The molecule has 5 nitrogen and oxygen atoms in total. The Hall–Kier alpha value is -2.82. The summed E-state index contributed by atoms with van der Waals surface area (Å²) in [5.74, 6) is 0.316. The molecule has 1 unspecified atom stereocenters. The summed E-state index contributed by atoms with van der Waals surface area (Å²) in [5, 5.41) is 2.97. The number of urea groups is 1. The van der Waals surface area contributed by atoms with E-state index in [0.29, 0.717) is 24.6 Å². The van der Waals surface area contributed by atoms with Crippen molar-refractivity contribution in [1.29, 1.82) is 0 Å². The maximum atomic E-state index is 12.5. The molecule has 0 fully saturated rings. The van der Waals surface area contributed by atoms with E-state index in [9.17, 15) is 9.59 Å². The summed E-state index contributed by atoms with van der Waals surface area (Å²) in [4.78, 5) is 27.8. The molecule has 1 aliphatic heterocycles. The summed E-state index contributed by atoms with van der Waals surface area (Å²) in [5.41, 5.74) is 3.80. The van der Waals surface area contributed by atoms with Gasteiger partial charge in [-0.05, 0) is 29.3 Å². The van der Waals surface area contributed by atoms with E-state index in [-0.39, 0.29) is 11.9 Å². The van der Waals surface area contributed by atoms with Crippen molar-refractivity contribution < 1.29 is 9.59 Å². The molecule has 0 spiro atoms. The van der Waals surface area contributed by atoms with Crippen LogP contribution < -0.4 is 10.2 Å². The van der Waals surface area contributed by atoms with Crippen LogP contribution in [0.2, 0.25) is 0 Å². The molecule has 2 aromatic rings. The molecule has 130 valence electrons. The fourth-order valence-electron chi connectivity index (χ4n) is 3.11. The third kappa shape index (κ3) is 3.50. The second-order valence-electron chi connectivity index (χ2n) is 6.63. The molecule has 0 aromatic heterocycles. The SMILES string of the molecule is CC1CN(C(=O)NCc2ccc(C(=O)N(C)C)cc2)c2ccccc21. The first-order chi connectivity index (χ1) is 12.0. The number of anilines is 1. The van der Waals surface area contributed by atoms with Gasteiger partial charge in [-0.3, -0.25) is 9.69 Å². The smallest absolute Gasteiger partial charge is 0.322 e. The molecular weight excluding hydrogens is 314 g/mol. The Morgan fingerprint density at radius 2 is 1.80 bits per heavy atom. The lowest BCUT2D eigenvalue weighted by Gasteiger charge is -2.18. The summed E-state index contributed by atoms with van der Waals surface area (Å²) < 4.78 is 0. The van der Waals surface area contributed by atoms with E-state index >= 15 is 0 Å². The minimum Gasteiger partial charge on any atom is -0.345 e. The first-order valence-corrected chi connectivity index (χ1v) is 8.42. The van der Waals surface area contributed by atoms with Gasteiger partial charge in [-0.15, -0.1) is 0 Å². The van der Waals surface area contributed by atoms with E-state index in [1.807, 2.05) is 30.3 Å². The van der Waals surface area contributed by atoms with E-state index in [0.717, 1.165) is 11.3 Å². The molecule has 0 saturated heterocycles. The van der Waals surface area contributed by atoms with E-state index in [1.165, 1.54) is 5.56 Å². The number of hydrogen-bond donors (Lipinski definition) is 1. The highest BCUT2D eigenvalue weighted by Crippen LogP contribution is 2.35. The summed E-state index contributed by atoms with van der Waals surface area (Å²) in [6.07, 6.45) is 0. The lowest BCUT2D eigenvalue weighted by Crippen LogP contribution is -2.38. The number of benzene rings is 2. The van der Waals surface area contributed by atoms with Gasteiger partial charge in [0.1, 0.15) is 0 Å². The normalized spacial score (nSPS) is 15.6. The molecule has 3 rings (SSSR count). The van der Waals surface area contributed by atoms with Crippen LogP contribution in [0.3, 0.4) is 0 Å². The van der Waals surface area contributed by atoms with E-state index < -0.39 is 0 Å². The average molecular weight is 337 g/mol. The minimum absolute atomic E-state index is 0.0294. The molecule has 1 N–H and O–H groups in total. The number of carbonyl (C=O) groups excluding carboxylic acids is 2. The molecule has 0 saturated carbocycles. The molecule has 3 amide bonds. The van der Waals surface area contributed by atoms with Crippen LogP contribution in [0.1, 0.15) is 34.3 Å². The lowest BCUT2D eigenvalue weighted by molar-refractivity contribution is 0.0827. The molecule has 1 atom stereocenters. The van der Waals surface area contributed by atoms with Gasteiger partial charge in [0, 0.05) is 44.4 Å². The van der Waals surface area contributed by atoms with Crippen LogP contribution in [0.5, 0.6) is 0 Å². The highest BCUT2D eigenvalue weighted by Gasteiger charge is 2.29. The molecule has 1 aliphatic rings. The average Bonchev–Trinajstić information content (AvgIpc) is 2.97. The van der Waals surface area contributed by atoms with Gasteiger partial charge in [-0.25, -0.2) is 4.79 Å². The number of nitrogens with zero attached hydrogens (tertiary/aromatic N) is 2. The van der Waals surface area contributed by atoms with E-state index in [2.05, 4.69) is 18.3 Å². The quantitative estimate of drug-likeness (QED) is 0.935. The van der Waals surface area contributed by atoms with Gasteiger partial charge in [-0.2, -0.15) is 0 Å². The molecule has 25 heavy (non-hydrogen) atoms. The number of amides is 3. The van der Waals surface area contributed by atoms with Crippen LogP contribution in [0.4, 0.5) is 10.5 Å². The zero-order valence-electron chi connectivity index (χ0n) is 14.8. The summed E-state index contributed by atoms with van der Waals surface area (Å²) in [6, 6.07) is 15.3. The first kappa shape index (κ1) is 17.0. The molecular formula is C20H23N3O2. The number of fused-ring (bicyclic) bond motifs is 1. The van der Waals surface area contributed by atoms with Crippen molar-refractivity contribution >= 4 is 17.6 Å². The Labute approximate surface area is 148 Å². The topological polar surface area (TPSA) is 52.7 Å². The Kier molecular flexibility index (Phi) is 4.74. The van der Waals surface area contributed by atoms with Crippen LogP contribution in [0, 0.1) is 0 Å². The minimum atomic E-state index is -0.0924. The van der Waals surface area contributed by atoms with Gasteiger partial charge < -0.3 is 10.2 Å². The van der Waals surface area contributed by atoms with Crippen LogP contribution >= 0.6 is 0 Å². The maximum absolute atomic E-state index is 12.5. The predicted molar refractivity (Wildman–Crippen MR) is 98.9 cm³/mol. The Morgan fingerprint density at radius 1 is 1.12 bits per heavy atom. The van der Waals surface area contributed by atoms with Gasteiger partial charge in [-0.1, -0.05) is 37.3 Å². The van der Waals surface area contributed by atoms with Crippen molar-refractivity contribution in [1.82, 2.24) is 10.2 Å². The maximum Gasteiger partial charge on any atom is 0.322 e. The summed E-state index contributed by atoms with van der Waals surface area (Å²) in [7, 11) is 3.46. The molecule has 0 radical (unpaired) electrons. The molecule has 1 heterocycles. The summed E-state index contributed by atoms with van der Waals surface area (Å²) in [6.45, 7) is 3.26. The van der Waals surface area contributed by atoms with E-state index in [1.54, 1.807) is 36.0 Å². The standard InChI is InChI=1S/C20H23N3O2/c1-14-13-23(18-7-5-4-6-17(14)18)20(25)21-12-15-8-10-16(11-9-15)19(24)22(2)3/h4-11,14H,12-13H2,1-3H3,(H,21,25). The predicted octanol–water partition coefficient (Wildman–Crippen LogP) is 3.22. The van der Waals surface area contributed by atoms with Crippen LogP contribution in [0.25, 0.3) is 0 Å². The Bertz CT molecular complexity index is 784. The zero-order chi connectivity index (χ0) is 18.0. The van der Waals surface area contributed by atoms with Crippen molar-refractivity contribution in [3.63, 3.8) is 0 Å². The molecule has 0 aliphatic carbocycles. The van der Waals surface area contributed by atoms with Gasteiger partial charge >= 0.3 is 6.03 Å². The number of carbonyl (C=O) groups is 2. The fourth-order valence-corrected chi connectivity index (χ4v) is 3.11. The van der Waals surface area contributed by atoms with Crippen LogP contribution in [-0.4, -0.2) is 37.5 Å². The highest BCUT2D eigenvalue weighted by molar-refractivity contribution is 5.95. The van der Waals surface area contributed by atoms with Crippen molar-refractivity contribution in [3.8, 4) is 0 Å². The van der Waals surface area contributed by atoms with Crippen LogP contribution in [0.15, 0.2) is 48.5 Å². The van der Waals surface area contributed by atoms with Crippen molar-refractivity contribution in [2.45, 2.75) is 19.4 Å². The molecule has 2 aromatic carbocycles. The number of para-hydroxylation sites is 1. The fraction of sp³-hybridized carbons (Fsp3) is 0.300. The zero-order valence-corrected chi connectivity index (χ0v) is 14.8. The van der Waals surface area contributed by atoms with Crippen LogP contribution in [-0.2, 0) is 6.54 Å². The first-order valence-electron chi connectivity index (χ1n) is 8.42. The Morgan fingerprint density at radius 3 is 2.48 bits per heavy atom. The van der Waals surface area contributed by atoms with Gasteiger partial charge in [0.25, 0.3) is 5.91 Å². The molecule has 5 heteroatoms. The largest absolute Gasteiger partial charge is 0.345 e. The second-order valence-corrected chi connectivity index (χ2v) is 6.63. The van der Waals surface area contributed by atoms with Gasteiger partial charge in [0.2, 0.25) is 0 Å². The highest BCUT2D eigenvalue weighted by atomic mass is 16.2. The number of nitrogens with one attached hydrogen (secondary N) is 1. The lowest BCUT2D eigenvalue weighted by atomic mass is 10.0. The third-order valence-corrected chi connectivity index (χ3v) is 4.51. The van der Waals surface area contributed by atoms with Gasteiger partial charge in [0.15, 0.2) is 0 Å². The number of hydrogen-bond acceptors (Lipinski definition) is 2. The van der Waals surface area contributed by atoms with Crippen molar-refractivity contribution in [2.24, 2.45) is 0 Å². The van der Waals surface area contributed by atoms with E-state index in [4.69, 9.17) is 0 Å². The van der Waals surface area contributed by atoms with Crippen molar-refractivity contribution in [2.75, 3.05) is 25.5 Å². The van der Waals surface area contributed by atoms with Gasteiger partial charge in [0.05, 0.1) is 0 Å². The second kappa shape index (κ2) is 6.97. The summed E-state index contributed by atoms with van der Waals surface area (Å²) >= 11 is 0. The Balaban J connectivity index is 1.63.